The second-order valence-electron chi connectivity index (χ2n) is 10.2. The van der Waals surface area contributed by atoms with Gasteiger partial charge in [-0.2, -0.15) is 0 Å². The number of carbonyl (C=O) groups excluding carboxylic acids is 2. The van der Waals surface area contributed by atoms with E-state index in [0.29, 0.717) is 46.9 Å². The van der Waals surface area contributed by atoms with E-state index in [-0.39, 0.29) is 25.0 Å². The number of imidazole rings is 1. The van der Waals surface area contributed by atoms with Gasteiger partial charge in [0.25, 0.3) is 11.8 Å². The summed E-state index contributed by atoms with van der Waals surface area (Å²) in [6, 6.07) is 27.2. The second kappa shape index (κ2) is 13.2. The topological polar surface area (TPSA) is 134 Å². The van der Waals surface area contributed by atoms with Gasteiger partial charge in [-0.1, -0.05) is 0 Å². The Morgan fingerprint density at radius 3 is 1.84 bits per heavy atom. The van der Waals surface area contributed by atoms with Crippen molar-refractivity contribution in [3.8, 4) is 11.4 Å². The van der Waals surface area contributed by atoms with E-state index in [4.69, 9.17) is 4.98 Å². The molecule has 10 heteroatoms. The fourth-order valence-electron chi connectivity index (χ4n) is 4.68. The first-order valence-electron chi connectivity index (χ1n) is 13.9. The van der Waals surface area contributed by atoms with E-state index < -0.39 is 0 Å². The van der Waals surface area contributed by atoms with Crippen molar-refractivity contribution >= 4 is 45.6 Å². The molecule has 5 aromatic rings. The zero-order chi connectivity index (χ0) is 30.3. The molecule has 43 heavy (non-hydrogen) atoms. The van der Waals surface area contributed by atoms with Gasteiger partial charge < -0.3 is 35.6 Å². The van der Waals surface area contributed by atoms with Crippen LogP contribution in [0.5, 0.6) is 0 Å². The summed E-state index contributed by atoms with van der Waals surface area (Å²) in [5, 5.41) is 24.4. The zero-order valence-corrected chi connectivity index (χ0v) is 24.0. The number of aliphatic hydroxyl groups is 2. The van der Waals surface area contributed by atoms with Gasteiger partial charge in [0.2, 0.25) is 0 Å². The summed E-state index contributed by atoms with van der Waals surface area (Å²) >= 11 is 0. The molecule has 5 rings (SSSR count). The van der Waals surface area contributed by atoms with Crippen molar-refractivity contribution in [3.63, 3.8) is 0 Å². The number of anilines is 4. The third-order valence-electron chi connectivity index (χ3n) is 7.04. The Morgan fingerprint density at radius 1 is 0.721 bits per heavy atom. The SMILES string of the molecule is CN(C)c1ccc(C(=O)Nc2ccc(C(=O)Nc3ccc4[nH]c(-c5ccc(N(CCO)CCO)cc5)nc4c3)cc2)cc1. The quantitative estimate of drug-likeness (QED) is 0.155. The molecule has 10 nitrogen and oxygen atoms in total. The van der Waals surface area contributed by atoms with Gasteiger partial charge in [0.1, 0.15) is 5.82 Å². The van der Waals surface area contributed by atoms with Crippen LogP contribution >= 0.6 is 0 Å². The van der Waals surface area contributed by atoms with Crippen molar-refractivity contribution in [3.05, 3.63) is 102 Å². The number of nitrogens with zero attached hydrogens (tertiary/aromatic N) is 3. The van der Waals surface area contributed by atoms with Crippen LogP contribution in [-0.4, -0.2) is 72.4 Å². The van der Waals surface area contributed by atoms with Crippen LogP contribution in [0, 0.1) is 0 Å². The highest BCUT2D eigenvalue weighted by Gasteiger charge is 2.12. The molecule has 0 aliphatic carbocycles. The number of carbonyl (C=O) groups is 2. The van der Waals surface area contributed by atoms with E-state index in [1.807, 2.05) is 78.5 Å². The highest BCUT2D eigenvalue weighted by Crippen LogP contribution is 2.25. The molecule has 0 spiro atoms. The monoisotopic (exact) mass is 578 g/mol. The molecule has 5 N–H and O–H groups in total. The Kier molecular flexibility index (Phi) is 8.99. The minimum absolute atomic E-state index is 0.000758. The van der Waals surface area contributed by atoms with Crippen molar-refractivity contribution in [2.75, 3.05) is 60.8 Å². The molecule has 0 radical (unpaired) electrons. The summed E-state index contributed by atoms with van der Waals surface area (Å²) in [6.07, 6.45) is 0. The second-order valence-corrected chi connectivity index (χ2v) is 10.2. The van der Waals surface area contributed by atoms with Crippen LogP contribution < -0.4 is 20.4 Å². The number of aliphatic hydroxyl groups excluding tert-OH is 2. The average molecular weight is 579 g/mol. The Hall–Kier alpha value is -5.19. The zero-order valence-electron chi connectivity index (χ0n) is 24.0. The van der Waals surface area contributed by atoms with Gasteiger partial charge >= 0.3 is 0 Å². The number of H-pyrrole nitrogens is 1. The Labute approximate surface area is 249 Å². The van der Waals surface area contributed by atoms with E-state index in [1.165, 1.54) is 0 Å². The highest BCUT2D eigenvalue weighted by atomic mass is 16.3. The molecule has 4 aromatic carbocycles. The molecule has 0 atom stereocenters. The number of aromatic amines is 1. The van der Waals surface area contributed by atoms with Crippen molar-refractivity contribution in [2.45, 2.75) is 0 Å². The molecular formula is C33H34N6O4. The molecular weight excluding hydrogens is 544 g/mol. The molecule has 0 aliphatic rings. The van der Waals surface area contributed by atoms with Crippen LogP contribution in [0.1, 0.15) is 20.7 Å². The lowest BCUT2D eigenvalue weighted by Gasteiger charge is -2.22. The van der Waals surface area contributed by atoms with Gasteiger partial charge in [0.15, 0.2) is 0 Å². The van der Waals surface area contributed by atoms with Gasteiger partial charge in [-0.3, -0.25) is 9.59 Å². The molecule has 0 saturated carbocycles. The van der Waals surface area contributed by atoms with Crippen LogP contribution in [0.25, 0.3) is 22.4 Å². The number of benzene rings is 4. The smallest absolute Gasteiger partial charge is 0.255 e. The van der Waals surface area contributed by atoms with Crippen LogP contribution in [-0.2, 0) is 0 Å². The first-order chi connectivity index (χ1) is 20.8. The van der Waals surface area contributed by atoms with E-state index in [1.54, 1.807) is 36.4 Å². The summed E-state index contributed by atoms with van der Waals surface area (Å²) in [7, 11) is 3.88. The first-order valence-corrected chi connectivity index (χ1v) is 13.9. The third-order valence-corrected chi connectivity index (χ3v) is 7.04. The Morgan fingerprint density at radius 2 is 1.26 bits per heavy atom. The van der Waals surface area contributed by atoms with Crippen LogP contribution in [0.2, 0.25) is 0 Å². The van der Waals surface area contributed by atoms with E-state index in [2.05, 4.69) is 15.6 Å². The van der Waals surface area contributed by atoms with E-state index in [0.717, 1.165) is 22.5 Å². The molecule has 0 fully saturated rings. The van der Waals surface area contributed by atoms with Gasteiger partial charge in [-0.25, -0.2) is 4.98 Å². The molecule has 1 heterocycles. The number of nitrogens with one attached hydrogen (secondary N) is 3. The largest absolute Gasteiger partial charge is 0.395 e. The average Bonchev–Trinajstić information content (AvgIpc) is 3.45. The van der Waals surface area contributed by atoms with Crippen molar-refractivity contribution < 1.29 is 19.8 Å². The highest BCUT2D eigenvalue weighted by molar-refractivity contribution is 6.07. The normalized spacial score (nSPS) is 10.9. The predicted octanol–water partition coefficient (Wildman–Crippen LogP) is 4.59. The van der Waals surface area contributed by atoms with Gasteiger partial charge in [0, 0.05) is 66.6 Å². The number of amides is 2. The maximum absolute atomic E-state index is 12.9. The third kappa shape index (κ3) is 7.00. The maximum Gasteiger partial charge on any atom is 0.255 e. The summed E-state index contributed by atoms with van der Waals surface area (Å²) < 4.78 is 0. The number of hydrogen-bond acceptors (Lipinski definition) is 7. The molecule has 2 amide bonds. The summed E-state index contributed by atoms with van der Waals surface area (Å²) in [5.74, 6) is 0.181. The molecule has 1 aromatic heterocycles. The number of fused-ring (bicyclic) bond motifs is 1. The Bertz CT molecular complexity index is 1690. The van der Waals surface area contributed by atoms with Gasteiger partial charge in [-0.15, -0.1) is 0 Å². The fourth-order valence-corrected chi connectivity index (χ4v) is 4.68. The standard InChI is InChI=1S/C33H34N6O4/c1-38(2)27-12-7-24(8-13-27)32(42)34-25-9-3-23(4-10-25)33(43)35-26-11-16-29-30(21-26)37-31(36-29)22-5-14-28(15-6-22)39(17-19-40)18-20-41/h3-16,21,40-41H,17-20H2,1-2H3,(H,34,42)(H,35,43)(H,36,37). The Balaban J connectivity index is 1.22. The first kappa shape index (κ1) is 29.3. The van der Waals surface area contributed by atoms with Gasteiger partial charge in [-0.05, 0) is 91.0 Å². The van der Waals surface area contributed by atoms with Crippen molar-refractivity contribution in [1.82, 2.24) is 9.97 Å². The van der Waals surface area contributed by atoms with E-state index in [9.17, 15) is 19.8 Å². The minimum atomic E-state index is -0.279. The summed E-state index contributed by atoms with van der Waals surface area (Å²) in [4.78, 5) is 37.4. The van der Waals surface area contributed by atoms with Crippen LogP contribution in [0.3, 0.4) is 0 Å². The number of aromatic nitrogens is 2. The lowest BCUT2D eigenvalue weighted by atomic mass is 10.1. The lowest BCUT2D eigenvalue weighted by molar-refractivity contribution is 0.102. The number of rotatable bonds is 11. The molecule has 0 bridgehead atoms. The van der Waals surface area contributed by atoms with Crippen LogP contribution in [0.4, 0.5) is 22.7 Å². The molecule has 0 aliphatic heterocycles. The number of hydrogen-bond donors (Lipinski definition) is 5. The molecule has 0 saturated heterocycles. The molecule has 0 unspecified atom stereocenters. The lowest BCUT2D eigenvalue weighted by Crippen LogP contribution is -2.29. The van der Waals surface area contributed by atoms with Gasteiger partial charge in [0.05, 0.1) is 24.2 Å². The molecule has 220 valence electrons. The van der Waals surface area contributed by atoms with Crippen molar-refractivity contribution in [1.29, 1.82) is 0 Å². The summed E-state index contributed by atoms with van der Waals surface area (Å²) in [5.41, 5.74) is 6.52. The van der Waals surface area contributed by atoms with Crippen LogP contribution in [0.15, 0.2) is 91.0 Å². The van der Waals surface area contributed by atoms with E-state index >= 15 is 0 Å². The predicted molar refractivity (Wildman–Crippen MR) is 171 cm³/mol. The maximum atomic E-state index is 12.9. The minimum Gasteiger partial charge on any atom is -0.395 e. The fraction of sp³-hybridized carbons (Fsp3) is 0.182. The van der Waals surface area contributed by atoms with Crippen molar-refractivity contribution in [2.24, 2.45) is 0 Å². The summed E-state index contributed by atoms with van der Waals surface area (Å²) in [6.45, 7) is 0.875.